The van der Waals surface area contributed by atoms with Gasteiger partial charge in [-0.3, -0.25) is 9.59 Å². The van der Waals surface area contributed by atoms with E-state index in [0.717, 1.165) is 16.7 Å². The molecular formula is C33H32N2O6. The fraction of sp³-hybridized carbons (Fsp3) is 0.182. The first kappa shape index (κ1) is 28.9. The summed E-state index contributed by atoms with van der Waals surface area (Å²) in [5.74, 6) is -0.156. The zero-order valence-electron chi connectivity index (χ0n) is 23.0. The largest absolute Gasteiger partial charge is 0.485 e. The summed E-state index contributed by atoms with van der Waals surface area (Å²) in [6.45, 7) is 2.10. The molecular weight excluding hydrogens is 520 g/mol. The molecule has 2 amide bonds. The first-order valence-electron chi connectivity index (χ1n) is 13.1. The fourth-order valence-corrected chi connectivity index (χ4v) is 4.10. The number of ether oxygens (including phenoxy) is 3. The van der Waals surface area contributed by atoms with E-state index in [1.165, 1.54) is 14.0 Å². The van der Waals surface area contributed by atoms with Gasteiger partial charge in [0.15, 0.2) is 11.5 Å². The predicted molar refractivity (Wildman–Crippen MR) is 156 cm³/mol. The lowest BCUT2D eigenvalue weighted by atomic mass is 10.0. The molecule has 0 fully saturated rings. The van der Waals surface area contributed by atoms with Crippen LogP contribution in [0.15, 0.2) is 103 Å². The van der Waals surface area contributed by atoms with Crippen molar-refractivity contribution in [3.63, 3.8) is 0 Å². The van der Waals surface area contributed by atoms with E-state index in [1.807, 2.05) is 72.8 Å². The van der Waals surface area contributed by atoms with E-state index < -0.39 is 17.9 Å². The van der Waals surface area contributed by atoms with Gasteiger partial charge in [-0.05, 0) is 53.1 Å². The van der Waals surface area contributed by atoms with E-state index in [-0.39, 0.29) is 12.3 Å². The lowest BCUT2D eigenvalue weighted by Crippen LogP contribution is -2.43. The zero-order valence-corrected chi connectivity index (χ0v) is 23.0. The summed E-state index contributed by atoms with van der Waals surface area (Å²) in [6.07, 6.45) is 0.170. The first-order valence-corrected chi connectivity index (χ1v) is 13.1. The van der Waals surface area contributed by atoms with Crippen LogP contribution in [0.1, 0.15) is 34.0 Å². The number of rotatable bonds is 12. The standard InChI is InChI=1S/C33H32N2O6/c1-23(36)34-28-16-14-27(15-17-28)32(37)35-29(33(38)39-2)19-26-13-18-30(40-21-24-9-5-3-6-10-24)31(20-26)41-22-25-11-7-4-8-12-25/h3-18,20,29H,19,21-22H2,1-2H3,(H,34,36)(H,35,37)/t29-/m1/s1. The Labute approximate surface area is 239 Å². The number of carbonyl (C=O) groups excluding carboxylic acids is 3. The average Bonchev–Trinajstić information content (AvgIpc) is 2.99. The van der Waals surface area contributed by atoms with E-state index in [2.05, 4.69) is 10.6 Å². The predicted octanol–water partition coefficient (Wildman–Crippen LogP) is 5.32. The molecule has 2 N–H and O–H groups in total. The van der Waals surface area contributed by atoms with Gasteiger partial charge >= 0.3 is 5.97 Å². The Balaban J connectivity index is 1.51. The molecule has 8 heteroatoms. The third-order valence-corrected chi connectivity index (χ3v) is 6.18. The number of methoxy groups -OCH3 is 1. The third kappa shape index (κ3) is 8.69. The van der Waals surface area contributed by atoms with Crippen molar-refractivity contribution in [2.75, 3.05) is 12.4 Å². The maximum atomic E-state index is 12.9. The maximum Gasteiger partial charge on any atom is 0.328 e. The van der Waals surface area contributed by atoms with Crippen LogP contribution in [-0.2, 0) is 34.0 Å². The van der Waals surface area contributed by atoms with Crippen molar-refractivity contribution in [1.82, 2.24) is 5.32 Å². The normalized spacial score (nSPS) is 11.2. The molecule has 0 saturated carbocycles. The van der Waals surface area contributed by atoms with Gasteiger partial charge in [0.25, 0.3) is 5.91 Å². The molecule has 1 atom stereocenters. The number of nitrogens with one attached hydrogen (secondary N) is 2. The topological polar surface area (TPSA) is 103 Å². The maximum absolute atomic E-state index is 12.9. The summed E-state index contributed by atoms with van der Waals surface area (Å²) >= 11 is 0. The van der Waals surface area contributed by atoms with Crippen molar-refractivity contribution in [1.29, 1.82) is 0 Å². The SMILES string of the molecule is COC(=O)[C@@H](Cc1ccc(OCc2ccccc2)c(OCc2ccccc2)c1)NC(=O)c1ccc(NC(C)=O)cc1. The van der Waals surface area contributed by atoms with Gasteiger partial charge in [-0.15, -0.1) is 0 Å². The van der Waals surface area contributed by atoms with Crippen LogP contribution in [-0.4, -0.2) is 30.9 Å². The highest BCUT2D eigenvalue weighted by Crippen LogP contribution is 2.31. The number of benzene rings is 4. The minimum absolute atomic E-state index is 0.170. The van der Waals surface area contributed by atoms with Crippen LogP contribution in [0.5, 0.6) is 11.5 Å². The van der Waals surface area contributed by atoms with E-state index in [1.54, 1.807) is 30.3 Å². The van der Waals surface area contributed by atoms with Crippen LogP contribution < -0.4 is 20.1 Å². The number of hydrogen-bond donors (Lipinski definition) is 2. The van der Waals surface area contributed by atoms with Crippen molar-refractivity contribution in [2.24, 2.45) is 0 Å². The Morgan fingerprint density at radius 2 is 1.29 bits per heavy atom. The van der Waals surface area contributed by atoms with Crippen molar-refractivity contribution >= 4 is 23.5 Å². The second-order valence-corrected chi connectivity index (χ2v) is 9.34. The minimum Gasteiger partial charge on any atom is -0.485 e. The molecule has 0 aliphatic heterocycles. The molecule has 0 aromatic heterocycles. The number of carbonyl (C=O) groups is 3. The number of hydrogen-bond acceptors (Lipinski definition) is 6. The molecule has 4 aromatic rings. The van der Waals surface area contributed by atoms with E-state index in [9.17, 15) is 14.4 Å². The average molecular weight is 553 g/mol. The molecule has 210 valence electrons. The van der Waals surface area contributed by atoms with Crippen LogP contribution in [0.25, 0.3) is 0 Å². The van der Waals surface area contributed by atoms with Gasteiger partial charge in [-0.25, -0.2) is 4.79 Å². The van der Waals surface area contributed by atoms with Crippen molar-refractivity contribution in [3.05, 3.63) is 125 Å². The molecule has 0 saturated heterocycles. The van der Waals surface area contributed by atoms with Gasteiger partial charge in [-0.2, -0.15) is 0 Å². The Hall–Kier alpha value is -5.11. The highest BCUT2D eigenvalue weighted by Gasteiger charge is 2.23. The van der Waals surface area contributed by atoms with Gasteiger partial charge < -0.3 is 24.8 Å². The molecule has 0 aliphatic carbocycles. The third-order valence-electron chi connectivity index (χ3n) is 6.18. The van der Waals surface area contributed by atoms with E-state index in [4.69, 9.17) is 14.2 Å². The molecule has 0 bridgehead atoms. The van der Waals surface area contributed by atoms with Crippen LogP contribution >= 0.6 is 0 Å². The molecule has 41 heavy (non-hydrogen) atoms. The van der Waals surface area contributed by atoms with Gasteiger partial charge in [0, 0.05) is 24.6 Å². The smallest absolute Gasteiger partial charge is 0.328 e. The lowest BCUT2D eigenvalue weighted by molar-refractivity contribution is -0.142. The van der Waals surface area contributed by atoms with Crippen LogP contribution in [0.3, 0.4) is 0 Å². The Bertz CT molecular complexity index is 1460. The summed E-state index contributed by atoms with van der Waals surface area (Å²) in [7, 11) is 1.28. The van der Waals surface area contributed by atoms with Gasteiger partial charge in [0.2, 0.25) is 5.91 Å². The summed E-state index contributed by atoms with van der Waals surface area (Å²) in [5.41, 5.74) is 3.66. The van der Waals surface area contributed by atoms with Gasteiger partial charge in [0.1, 0.15) is 19.3 Å². The second-order valence-electron chi connectivity index (χ2n) is 9.34. The monoisotopic (exact) mass is 552 g/mol. The fourth-order valence-electron chi connectivity index (χ4n) is 4.10. The summed E-state index contributed by atoms with van der Waals surface area (Å²) < 4.78 is 17.2. The summed E-state index contributed by atoms with van der Waals surface area (Å²) in [5, 5.41) is 5.41. The van der Waals surface area contributed by atoms with Gasteiger partial charge in [0.05, 0.1) is 7.11 Å². The van der Waals surface area contributed by atoms with Crippen molar-refractivity contribution in [3.8, 4) is 11.5 Å². The Morgan fingerprint density at radius 1 is 0.707 bits per heavy atom. The molecule has 0 radical (unpaired) electrons. The van der Waals surface area contributed by atoms with E-state index in [0.29, 0.717) is 36.0 Å². The molecule has 0 aliphatic rings. The highest BCUT2D eigenvalue weighted by molar-refractivity contribution is 5.97. The van der Waals surface area contributed by atoms with Crippen LogP contribution in [0.4, 0.5) is 5.69 Å². The first-order chi connectivity index (χ1) is 19.9. The Kier molecular flexibility index (Phi) is 10.1. The highest BCUT2D eigenvalue weighted by atomic mass is 16.5. The molecule has 8 nitrogen and oxygen atoms in total. The number of esters is 1. The summed E-state index contributed by atoms with van der Waals surface area (Å²) in [6, 6.07) is 30.5. The lowest BCUT2D eigenvalue weighted by Gasteiger charge is -2.19. The zero-order chi connectivity index (χ0) is 29.0. The van der Waals surface area contributed by atoms with Gasteiger partial charge in [-0.1, -0.05) is 66.7 Å². The number of anilines is 1. The molecule has 0 spiro atoms. The quantitative estimate of drug-likeness (QED) is 0.231. The second kappa shape index (κ2) is 14.3. The molecule has 4 rings (SSSR count). The molecule has 0 unspecified atom stereocenters. The minimum atomic E-state index is -0.944. The number of amides is 2. The molecule has 4 aromatic carbocycles. The van der Waals surface area contributed by atoms with E-state index >= 15 is 0 Å². The van der Waals surface area contributed by atoms with Crippen molar-refractivity contribution in [2.45, 2.75) is 32.6 Å². The van der Waals surface area contributed by atoms with Crippen LogP contribution in [0.2, 0.25) is 0 Å². The molecule has 0 heterocycles. The van der Waals surface area contributed by atoms with Crippen LogP contribution in [0, 0.1) is 0 Å². The Morgan fingerprint density at radius 3 is 1.85 bits per heavy atom. The summed E-state index contributed by atoms with van der Waals surface area (Å²) in [4.78, 5) is 36.8. The van der Waals surface area contributed by atoms with Crippen molar-refractivity contribution < 1.29 is 28.6 Å².